The van der Waals surface area contributed by atoms with E-state index in [9.17, 15) is 9.59 Å². The minimum Gasteiger partial charge on any atom is -0.295 e. The molecule has 4 aromatic rings. The summed E-state index contributed by atoms with van der Waals surface area (Å²) < 4.78 is 1.54. The van der Waals surface area contributed by atoms with E-state index in [4.69, 9.17) is 0 Å². The van der Waals surface area contributed by atoms with Gasteiger partial charge in [0.25, 0.3) is 0 Å². The first kappa shape index (κ1) is 21.4. The van der Waals surface area contributed by atoms with Crippen molar-refractivity contribution < 1.29 is 9.59 Å². The number of rotatable bonds is 5. The molecule has 0 radical (unpaired) electrons. The van der Waals surface area contributed by atoms with Gasteiger partial charge in [-0.15, -0.1) is 5.10 Å². The van der Waals surface area contributed by atoms with Crippen LogP contribution in [0, 0.1) is 0 Å². The van der Waals surface area contributed by atoms with E-state index in [1.165, 1.54) is 16.7 Å². The number of carbonyl (C=O) groups excluding carboxylic acids is 2. The van der Waals surface area contributed by atoms with Crippen molar-refractivity contribution in [2.45, 2.75) is 19.5 Å². The highest BCUT2D eigenvalue weighted by Crippen LogP contribution is 2.27. The third-order valence-corrected chi connectivity index (χ3v) is 6.78. The fourth-order valence-corrected chi connectivity index (χ4v) is 4.89. The van der Waals surface area contributed by atoms with Crippen molar-refractivity contribution in [2.75, 3.05) is 13.1 Å². The van der Waals surface area contributed by atoms with Crippen LogP contribution in [-0.4, -0.2) is 44.5 Å². The van der Waals surface area contributed by atoms with E-state index >= 15 is 0 Å². The molecule has 0 N–H and O–H groups in total. The molecule has 6 rings (SSSR count). The molecule has 0 spiro atoms. The third-order valence-electron chi connectivity index (χ3n) is 6.78. The second-order valence-corrected chi connectivity index (χ2v) is 9.05. The maximum absolute atomic E-state index is 13.1. The maximum atomic E-state index is 13.1. The fourth-order valence-electron chi connectivity index (χ4n) is 4.89. The summed E-state index contributed by atoms with van der Waals surface area (Å²) in [5.74, 6) is -0.452. The van der Waals surface area contributed by atoms with Crippen LogP contribution in [0.2, 0.25) is 0 Å². The molecule has 0 saturated carbocycles. The number of hydrogen-bond acceptors (Lipinski definition) is 5. The molecule has 172 valence electrons. The van der Waals surface area contributed by atoms with E-state index in [1.54, 1.807) is 28.9 Å². The number of carbonyl (C=O) groups is 2. The lowest BCUT2D eigenvalue weighted by Crippen LogP contribution is -2.27. The second kappa shape index (κ2) is 8.89. The summed E-state index contributed by atoms with van der Waals surface area (Å²) in [6, 6.07) is 25.8. The van der Waals surface area contributed by atoms with Gasteiger partial charge in [-0.3, -0.25) is 14.5 Å². The Morgan fingerprint density at radius 3 is 2.14 bits per heavy atom. The van der Waals surface area contributed by atoms with Gasteiger partial charge in [0.15, 0.2) is 5.69 Å². The average Bonchev–Trinajstić information content (AvgIpc) is 3.33. The molecule has 2 heterocycles. The van der Waals surface area contributed by atoms with Crippen LogP contribution in [0.25, 0.3) is 5.57 Å². The largest absolute Gasteiger partial charge is 0.295 e. The smallest absolute Gasteiger partial charge is 0.216 e. The Morgan fingerprint density at radius 1 is 0.743 bits per heavy atom. The lowest BCUT2D eigenvalue weighted by Gasteiger charge is -2.26. The molecule has 1 aliphatic carbocycles. The van der Waals surface area contributed by atoms with Crippen molar-refractivity contribution in [1.29, 1.82) is 0 Å². The summed E-state index contributed by atoms with van der Waals surface area (Å²) in [7, 11) is 0. The fraction of sp³-hybridized carbons (Fsp3) is 0.172. The van der Waals surface area contributed by atoms with Crippen LogP contribution in [0.3, 0.4) is 0 Å². The van der Waals surface area contributed by atoms with Crippen LogP contribution in [0.1, 0.15) is 55.2 Å². The molecule has 2 aliphatic rings. The zero-order valence-electron chi connectivity index (χ0n) is 19.2. The number of nitrogens with zero attached hydrogens (tertiary/aromatic N) is 4. The zero-order chi connectivity index (χ0) is 23.8. The molecule has 6 nitrogen and oxygen atoms in total. The van der Waals surface area contributed by atoms with Crippen LogP contribution >= 0.6 is 0 Å². The van der Waals surface area contributed by atoms with Gasteiger partial charge in [-0.05, 0) is 28.7 Å². The summed E-state index contributed by atoms with van der Waals surface area (Å²) in [6.07, 6.45) is 3.33. The Balaban J connectivity index is 1.16. The van der Waals surface area contributed by atoms with Gasteiger partial charge in [-0.1, -0.05) is 90.2 Å². The lowest BCUT2D eigenvalue weighted by molar-refractivity contribution is 0.0971. The summed E-state index contributed by atoms with van der Waals surface area (Å²) in [6.45, 7) is 3.32. The minimum atomic E-state index is -0.248. The van der Waals surface area contributed by atoms with E-state index in [0.29, 0.717) is 17.7 Å². The number of ketones is 2. The van der Waals surface area contributed by atoms with Crippen molar-refractivity contribution in [2.24, 2.45) is 0 Å². The molecule has 1 aromatic heterocycles. The topological polar surface area (TPSA) is 68.1 Å². The van der Waals surface area contributed by atoms with Gasteiger partial charge in [0.2, 0.25) is 11.6 Å². The second-order valence-electron chi connectivity index (χ2n) is 9.05. The quantitative estimate of drug-likeness (QED) is 0.389. The normalized spacial score (nSPS) is 15.5. The van der Waals surface area contributed by atoms with E-state index in [1.807, 2.05) is 0 Å². The highest BCUT2D eigenvalue weighted by Gasteiger charge is 2.34. The standard InChI is InChI=1S/C29H24N4O2/c34-28-24-8-4-5-9-25(24)29(35)27-26(28)30-31-33(27)19-21-10-12-22(13-11-21)23-14-16-32(17-15-23)18-20-6-2-1-3-7-20/h1-14H,15-19H2. The highest BCUT2D eigenvalue weighted by molar-refractivity contribution is 6.26. The Morgan fingerprint density at radius 2 is 1.43 bits per heavy atom. The van der Waals surface area contributed by atoms with Gasteiger partial charge in [0.1, 0.15) is 5.69 Å². The Bertz CT molecular complexity index is 1450. The Hall–Kier alpha value is -4.16. The van der Waals surface area contributed by atoms with Crippen LogP contribution in [0.15, 0.2) is 84.9 Å². The van der Waals surface area contributed by atoms with Crippen molar-refractivity contribution in [3.8, 4) is 0 Å². The first-order valence-electron chi connectivity index (χ1n) is 11.8. The Labute approximate surface area is 203 Å². The van der Waals surface area contributed by atoms with E-state index in [-0.39, 0.29) is 23.0 Å². The van der Waals surface area contributed by atoms with Gasteiger partial charge < -0.3 is 0 Å². The molecule has 0 bridgehead atoms. The molecule has 0 saturated heterocycles. The van der Waals surface area contributed by atoms with Gasteiger partial charge in [0.05, 0.1) is 6.54 Å². The Kier molecular flexibility index (Phi) is 5.43. The third kappa shape index (κ3) is 4.02. The van der Waals surface area contributed by atoms with Crippen molar-refractivity contribution in [1.82, 2.24) is 19.9 Å². The van der Waals surface area contributed by atoms with Gasteiger partial charge in [-0.25, -0.2) is 4.68 Å². The summed E-state index contributed by atoms with van der Waals surface area (Å²) in [5.41, 5.74) is 6.13. The maximum Gasteiger partial charge on any atom is 0.216 e. The molecule has 35 heavy (non-hydrogen) atoms. The molecular weight excluding hydrogens is 436 g/mol. The van der Waals surface area contributed by atoms with Crippen LogP contribution in [-0.2, 0) is 13.1 Å². The lowest BCUT2D eigenvalue weighted by atomic mass is 9.90. The van der Waals surface area contributed by atoms with E-state index < -0.39 is 0 Å². The molecule has 0 unspecified atom stereocenters. The summed E-state index contributed by atoms with van der Waals surface area (Å²) >= 11 is 0. The monoisotopic (exact) mass is 460 g/mol. The SMILES string of the molecule is O=C1c2ccccc2C(=O)c2c1nnn2Cc1ccc(C2=CCN(Cc3ccccc3)CC2)cc1. The number of aromatic nitrogens is 3. The summed E-state index contributed by atoms with van der Waals surface area (Å²) in [5, 5.41) is 8.18. The van der Waals surface area contributed by atoms with Crippen LogP contribution in [0.5, 0.6) is 0 Å². The first-order chi connectivity index (χ1) is 17.2. The van der Waals surface area contributed by atoms with Crippen LogP contribution in [0.4, 0.5) is 0 Å². The van der Waals surface area contributed by atoms with Crippen molar-refractivity contribution >= 4 is 17.1 Å². The number of hydrogen-bond donors (Lipinski definition) is 0. The molecule has 6 heteroatoms. The van der Waals surface area contributed by atoms with Crippen LogP contribution < -0.4 is 0 Å². The van der Waals surface area contributed by atoms with Gasteiger partial charge >= 0.3 is 0 Å². The first-order valence-corrected chi connectivity index (χ1v) is 11.8. The molecule has 0 amide bonds. The van der Waals surface area contributed by atoms with Gasteiger partial charge in [-0.2, -0.15) is 0 Å². The molecular formula is C29H24N4O2. The van der Waals surface area contributed by atoms with Crippen molar-refractivity contribution in [3.63, 3.8) is 0 Å². The number of fused-ring (bicyclic) bond motifs is 2. The predicted octanol–water partition coefficient (Wildman–Crippen LogP) is 4.39. The molecule has 0 fully saturated rings. The van der Waals surface area contributed by atoms with E-state index in [2.05, 4.69) is 75.9 Å². The van der Waals surface area contributed by atoms with Gasteiger partial charge in [0, 0.05) is 30.8 Å². The average molecular weight is 461 g/mol. The molecule has 0 atom stereocenters. The zero-order valence-corrected chi connectivity index (χ0v) is 19.2. The van der Waals surface area contributed by atoms with Crippen molar-refractivity contribution in [3.05, 3.63) is 124 Å². The van der Waals surface area contributed by atoms with E-state index in [0.717, 1.165) is 31.6 Å². The highest BCUT2D eigenvalue weighted by atomic mass is 16.1. The molecule has 1 aliphatic heterocycles. The molecule has 3 aromatic carbocycles. The predicted molar refractivity (Wildman–Crippen MR) is 133 cm³/mol. The minimum absolute atomic E-state index is 0.137. The number of benzene rings is 3. The summed E-state index contributed by atoms with van der Waals surface area (Å²) in [4.78, 5) is 28.3.